The zero-order chi connectivity index (χ0) is 9.52. The van der Waals surface area contributed by atoms with E-state index in [-0.39, 0.29) is 0 Å². The molecule has 0 aromatic heterocycles. The minimum absolute atomic E-state index is 1.00. The van der Waals surface area contributed by atoms with E-state index in [0.717, 1.165) is 10.7 Å². The van der Waals surface area contributed by atoms with E-state index in [4.69, 9.17) is 0 Å². The van der Waals surface area contributed by atoms with Crippen LogP contribution in [0.3, 0.4) is 0 Å². The van der Waals surface area contributed by atoms with Gasteiger partial charge in [-0.1, -0.05) is 49.1 Å². The van der Waals surface area contributed by atoms with E-state index in [1.807, 2.05) is 25.1 Å². The molecule has 68 valence electrons. The first-order chi connectivity index (χ1) is 6.33. The summed E-state index contributed by atoms with van der Waals surface area (Å²) in [5.74, 6) is 1.00. The van der Waals surface area contributed by atoms with E-state index in [0.29, 0.717) is 0 Å². The molecular formula is C12H14S. The van der Waals surface area contributed by atoms with Gasteiger partial charge < -0.3 is 0 Å². The van der Waals surface area contributed by atoms with Crippen LogP contribution in [0.1, 0.15) is 12.5 Å². The van der Waals surface area contributed by atoms with Crippen molar-refractivity contribution in [3.8, 4) is 0 Å². The summed E-state index contributed by atoms with van der Waals surface area (Å²) >= 11 is 1.77. The molecule has 1 heteroatoms. The molecule has 1 aromatic carbocycles. The first-order valence-electron chi connectivity index (χ1n) is 4.31. The van der Waals surface area contributed by atoms with Crippen molar-refractivity contribution in [2.45, 2.75) is 12.7 Å². The summed E-state index contributed by atoms with van der Waals surface area (Å²) in [6, 6.07) is 10.4. The number of hydrogen-bond donors (Lipinski definition) is 0. The van der Waals surface area contributed by atoms with Gasteiger partial charge in [0.15, 0.2) is 0 Å². The maximum atomic E-state index is 3.94. The average Bonchev–Trinajstić information content (AvgIpc) is 2.17. The van der Waals surface area contributed by atoms with E-state index in [1.54, 1.807) is 11.8 Å². The molecule has 0 N–H and O–H groups in total. The summed E-state index contributed by atoms with van der Waals surface area (Å²) in [6.07, 6.45) is 4.05. The highest BCUT2D eigenvalue weighted by Crippen LogP contribution is 2.20. The lowest BCUT2D eigenvalue weighted by molar-refractivity contribution is 1.42. The highest BCUT2D eigenvalue weighted by Gasteiger charge is 1.92. The molecule has 0 aliphatic rings. The van der Waals surface area contributed by atoms with Crippen molar-refractivity contribution >= 4 is 11.8 Å². The molecule has 0 fully saturated rings. The zero-order valence-corrected chi connectivity index (χ0v) is 8.68. The van der Waals surface area contributed by atoms with E-state index in [1.165, 1.54) is 5.56 Å². The first kappa shape index (κ1) is 10.1. The molecule has 0 aliphatic heterocycles. The fourth-order valence-corrected chi connectivity index (χ4v) is 1.76. The van der Waals surface area contributed by atoms with Crippen LogP contribution in [0.4, 0.5) is 0 Å². The molecule has 0 saturated heterocycles. The molecular weight excluding hydrogens is 176 g/mol. The predicted octanol–water partition coefficient (Wildman–Crippen LogP) is 4.01. The molecule has 13 heavy (non-hydrogen) atoms. The molecule has 0 bridgehead atoms. The van der Waals surface area contributed by atoms with Crippen molar-refractivity contribution in [2.24, 2.45) is 0 Å². The third kappa shape index (κ3) is 4.00. The molecule has 0 nitrogen and oxygen atoms in total. The summed E-state index contributed by atoms with van der Waals surface area (Å²) in [4.78, 5) is 1.12. The topological polar surface area (TPSA) is 0 Å². The Morgan fingerprint density at radius 3 is 2.69 bits per heavy atom. The highest BCUT2D eigenvalue weighted by atomic mass is 32.2. The van der Waals surface area contributed by atoms with E-state index >= 15 is 0 Å². The second kappa shape index (κ2) is 5.65. The predicted molar refractivity (Wildman–Crippen MR) is 61.7 cm³/mol. The van der Waals surface area contributed by atoms with E-state index < -0.39 is 0 Å². The largest absolute Gasteiger partial charge is 0.122 e. The van der Waals surface area contributed by atoms with Crippen LogP contribution in [-0.4, -0.2) is 0 Å². The maximum Gasteiger partial charge on any atom is 0.0231 e. The number of allylic oxidation sites excluding steroid dienone is 2. The van der Waals surface area contributed by atoms with Gasteiger partial charge in [0.25, 0.3) is 0 Å². The quantitative estimate of drug-likeness (QED) is 0.646. The standard InChI is InChI=1S/C12H14S/c1-3-7-11(2)13-10-12-8-5-4-6-9-12/h3-9H,2,10H2,1H3/b7-3-. The Morgan fingerprint density at radius 1 is 1.38 bits per heavy atom. The van der Waals surface area contributed by atoms with Gasteiger partial charge in [-0.3, -0.25) is 0 Å². The minimum atomic E-state index is 1.00. The number of benzene rings is 1. The smallest absolute Gasteiger partial charge is 0.0231 e. The lowest BCUT2D eigenvalue weighted by atomic mass is 10.2. The van der Waals surface area contributed by atoms with Crippen LogP contribution in [0.15, 0.2) is 54.0 Å². The van der Waals surface area contributed by atoms with Crippen LogP contribution in [0, 0.1) is 0 Å². The van der Waals surface area contributed by atoms with Crippen LogP contribution < -0.4 is 0 Å². The minimum Gasteiger partial charge on any atom is -0.122 e. The van der Waals surface area contributed by atoms with Gasteiger partial charge in [0, 0.05) is 10.7 Å². The third-order valence-corrected chi connectivity index (χ3v) is 2.60. The fourth-order valence-electron chi connectivity index (χ4n) is 0.984. The van der Waals surface area contributed by atoms with Gasteiger partial charge in [0.2, 0.25) is 0 Å². The molecule has 0 saturated carbocycles. The Kier molecular flexibility index (Phi) is 4.41. The highest BCUT2D eigenvalue weighted by molar-refractivity contribution is 8.02. The number of rotatable bonds is 4. The molecule has 0 spiro atoms. The number of hydrogen-bond acceptors (Lipinski definition) is 1. The Bertz CT molecular complexity index is 285. The molecule has 0 atom stereocenters. The first-order valence-corrected chi connectivity index (χ1v) is 5.30. The van der Waals surface area contributed by atoms with Crippen molar-refractivity contribution in [1.82, 2.24) is 0 Å². The van der Waals surface area contributed by atoms with Crippen molar-refractivity contribution in [3.63, 3.8) is 0 Å². The molecule has 0 unspecified atom stereocenters. The average molecular weight is 190 g/mol. The lowest BCUT2D eigenvalue weighted by Crippen LogP contribution is -1.78. The molecule has 0 aliphatic carbocycles. The zero-order valence-electron chi connectivity index (χ0n) is 7.86. The molecule has 1 rings (SSSR count). The second-order valence-electron chi connectivity index (χ2n) is 2.74. The SMILES string of the molecule is C=C(/C=C\C)SCc1ccccc1. The van der Waals surface area contributed by atoms with Gasteiger partial charge in [0.05, 0.1) is 0 Å². The summed E-state index contributed by atoms with van der Waals surface area (Å²) in [5.41, 5.74) is 1.35. The van der Waals surface area contributed by atoms with Gasteiger partial charge in [-0.05, 0) is 12.5 Å². The van der Waals surface area contributed by atoms with Crippen molar-refractivity contribution in [2.75, 3.05) is 0 Å². The van der Waals surface area contributed by atoms with Crippen molar-refractivity contribution in [1.29, 1.82) is 0 Å². The summed E-state index contributed by atoms with van der Waals surface area (Å²) < 4.78 is 0. The Labute approximate surface area is 84.4 Å². The van der Waals surface area contributed by atoms with Crippen LogP contribution in [0.2, 0.25) is 0 Å². The Balaban J connectivity index is 2.40. The second-order valence-corrected chi connectivity index (χ2v) is 3.84. The lowest BCUT2D eigenvalue weighted by Gasteiger charge is -2.00. The molecule has 1 aromatic rings. The van der Waals surface area contributed by atoms with E-state index in [9.17, 15) is 0 Å². The van der Waals surface area contributed by atoms with Crippen LogP contribution >= 0.6 is 11.8 Å². The fraction of sp³-hybridized carbons (Fsp3) is 0.167. The molecule has 0 heterocycles. The number of thioether (sulfide) groups is 1. The molecule has 0 radical (unpaired) electrons. The molecule has 0 amide bonds. The van der Waals surface area contributed by atoms with E-state index in [2.05, 4.69) is 30.8 Å². The summed E-state index contributed by atoms with van der Waals surface area (Å²) in [5, 5.41) is 0. The third-order valence-electron chi connectivity index (χ3n) is 1.62. The van der Waals surface area contributed by atoms with Crippen LogP contribution in [-0.2, 0) is 5.75 Å². The van der Waals surface area contributed by atoms with Gasteiger partial charge in [-0.25, -0.2) is 0 Å². The Hall–Kier alpha value is -0.950. The maximum absolute atomic E-state index is 3.94. The Morgan fingerprint density at radius 2 is 2.08 bits per heavy atom. The van der Waals surface area contributed by atoms with Crippen LogP contribution in [0.25, 0.3) is 0 Å². The van der Waals surface area contributed by atoms with Crippen molar-refractivity contribution in [3.05, 3.63) is 59.5 Å². The van der Waals surface area contributed by atoms with Gasteiger partial charge >= 0.3 is 0 Å². The van der Waals surface area contributed by atoms with Gasteiger partial charge in [0.1, 0.15) is 0 Å². The monoisotopic (exact) mass is 190 g/mol. The van der Waals surface area contributed by atoms with Gasteiger partial charge in [-0.15, -0.1) is 11.8 Å². The van der Waals surface area contributed by atoms with Gasteiger partial charge in [-0.2, -0.15) is 0 Å². The summed E-state index contributed by atoms with van der Waals surface area (Å²) in [6.45, 7) is 5.94. The van der Waals surface area contributed by atoms with Crippen LogP contribution in [0.5, 0.6) is 0 Å². The van der Waals surface area contributed by atoms with Crippen molar-refractivity contribution < 1.29 is 0 Å². The summed E-state index contributed by atoms with van der Waals surface area (Å²) in [7, 11) is 0. The normalized spacial score (nSPS) is 10.5.